The molecule has 1 aliphatic heterocycles. The minimum atomic E-state index is 0.144. The molecule has 0 spiro atoms. The first-order valence-electron chi connectivity index (χ1n) is 6.59. The zero-order valence-corrected chi connectivity index (χ0v) is 10.6. The van der Waals surface area contributed by atoms with E-state index in [0.717, 1.165) is 13.0 Å². The molecule has 2 unspecified atom stereocenters. The summed E-state index contributed by atoms with van der Waals surface area (Å²) in [6, 6.07) is 0.348. The molecule has 1 rings (SSSR count). The number of carbonyl (C=O) groups excluding carboxylic acids is 1. The predicted molar refractivity (Wildman–Crippen MR) is 65.1 cm³/mol. The zero-order valence-electron chi connectivity index (χ0n) is 10.6. The molecule has 1 N–H and O–H groups in total. The van der Waals surface area contributed by atoms with Crippen molar-refractivity contribution in [3.05, 3.63) is 0 Å². The van der Waals surface area contributed by atoms with Crippen molar-refractivity contribution < 1.29 is 9.90 Å². The molecular formula is C13H25NO2. The highest BCUT2D eigenvalue weighted by atomic mass is 16.3. The smallest absolute Gasteiger partial charge is 0.223 e. The van der Waals surface area contributed by atoms with Crippen molar-refractivity contribution in [2.45, 2.75) is 58.4 Å². The van der Waals surface area contributed by atoms with Gasteiger partial charge >= 0.3 is 0 Å². The molecule has 0 saturated carbocycles. The van der Waals surface area contributed by atoms with Crippen molar-refractivity contribution in [1.29, 1.82) is 0 Å². The van der Waals surface area contributed by atoms with Crippen molar-refractivity contribution in [1.82, 2.24) is 4.90 Å². The lowest BCUT2D eigenvalue weighted by atomic mass is 10.1. The van der Waals surface area contributed by atoms with Crippen LogP contribution in [0.5, 0.6) is 0 Å². The SMILES string of the molecule is CCCCCCC(C)N1CC(CO)CC1=O. The van der Waals surface area contributed by atoms with E-state index in [2.05, 4.69) is 13.8 Å². The summed E-state index contributed by atoms with van der Waals surface area (Å²) in [5.41, 5.74) is 0. The summed E-state index contributed by atoms with van der Waals surface area (Å²) in [7, 11) is 0. The molecule has 0 radical (unpaired) electrons. The van der Waals surface area contributed by atoms with Gasteiger partial charge in [0.2, 0.25) is 5.91 Å². The third-order valence-corrected chi connectivity index (χ3v) is 3.50. The first-order chi connectivity index (χ1) is 7.69. The van der Waals surface area contributed by atoms with Crippen molar-refractivity contribution in [3.8, 4) is 0 Å². The maximum atomic E-state index is 11.7. The van der Waals surface area contributed by atoms with E-state index in [1.807, 2.05) is 4.90 Å². The summed E-state index contributed by atoms with van der Waals surface area (Å²) in [6.45, 7) is 5.23. The van der Waals surface area contributed by atoms with Gasteiger partial charge in [-0.05, 0) is 13.3 Å². The molecule has 0 aromatic carbocycles. The van der Waals surface area contributed by atoms with Crippen molar-refractivity contribution >= 4 is 5.91 Å². The molecule has 0 aliphatic carbocycles. The van der Waals surface area contributed by atoms with Crippen LogP contribution >= 0.6 is 0 Å². The Labute approximate surface area is 98.8 Å². The molecule has 0 aromatic heterocycles. The van der Waals surface area contributed by atoms with Gasteiger partial charge in [-0.2, -0.15) is 0 Å². The van der Waals surface area contributed by atoms with Gasteiger partial charge in [0.15, 0.2) is 0 Å². The fourth-order valence-corrected chi connectivity index (χ4v) is 2.38. The number of hydrogen-bond acceptors (Lipinski definition) is 2. The topological polar surface area (TPSA) is 40.5 Å². The first kappa shape index (κ1) is 13.5. The molecule has 94 valence electrons. The summed E-state index contributed by atoms with van der Waals surface area (Å²) in [5.74, 6) is 0.396. The molecule has 0 bridgehead atoms. The lowest BCUT2D eigenvalue weighted by Crippen LogP contribution is -2.34. The summed E-state index contributed by atoms with van der Waals surface area (Å²) >= 11 is 0. The third kappa shape index (κ3) is 3.78. The van der Waals surface area contributed by atoms with E-state index in [1.54, 1.807) is 0 Å². The van der Waals surface area contributed by atoms with Crippen LogP contribution in [0.4, 0.5) is 0 Å². The molecule has 0 aromatic rings. The molecule has 1 heterocycles. The molecular weight excluding hydrogens is 202 g/mol. The molecule has 16 heavy (non-hydrogen) atoms. The summed E-state index contributed by atoms with van der Waals surface area (Å²) < 4.78 is 0. The van der Waals surface area contributed by atoms with Crippen LogP contribution in [0.3, 0.4) is 0 Å². The Morgan fingerprint density at radius 2 is 2.19 bits per heavy atom. The number of aliphatic hydroxyl groups is 1. The number of amides is 1. The molecule has 1 saturated heterocycles. The van der Waals surface area contributed by atoms with Gasteiger partial charge < -0.3 is 10.0 Å². The lowest BCUT2D eigenvalue weighted by Gasteiger charge is -2.24. The van der Waals surface area contributed by atoms with Crippen LogP contribution in [0, 0.1) is 5.92 Å². The van der Waals surface area contributed by atoms with Crippen LogP contribution in [0.2, 0.25) is 0 Å². The lowest BCUT2D eigenvalue weighted by molar-refractivity contribution is -0.129. The molecule has 1 amide bonds. The van der Waals surface area contributed by atoms with Gasteiger partial charge in [0.1, 0.15) is 0 Å². The zero-order chi connectivity index (χ0) is 12.0. The van der Waals surface area contributed by atoms with Gasteiger partial charge in [0.05, 0.1) is 0 Å². The number of nitrogens with zero attached hydrogens (tertiary/aromatic N) is 1. The highest BCUT2D eigenvalue weighted by Gasteiger charge is 2.31. The van der Waals surface area contributed by atoms with Gasteiger partial charge in [-0.15, -0.1) is 0 Å². The van der Waals surface area contributed by atoms with Crippen LogP contribution < -0.4 is 0 Å². The van der Waals surface area contributed by atoms with Crippen molar-refractivity contribution in [2.75, 3.05) is 13.2 Å². The fourth-order valence-electron chi connectivity index (χ4n) is 2.38. The van der Waals surface area contributed by atoms with Gasteiger partial charge in [-0.3, -0.25) is 4.79 Å². The van der Waals surface area contributed by atoms with Crippen LogP contribution in [0.25, 0.3) is 0 Å². The van der Waals surface area contributed by atoms with Gasteiger partial charge in [-0.1, -0.05) is 32.6 Å². The van der Waals surface area contributed by atoms with E-state index in [9.17, 15) is 4.79 Å². The van der Waals surface area contributed by atoms with Gasteiger partial charge in [-0.25, -0.2) is 0 Å². The average molecular weight is 227 g/mol. The normalized spacial score (nSPS) is 22.8. The quantitative estimate of drug-likeness (QED) is 0.677. The Hall–Kier alpha value is -0.570. The van der Waals surface area contributed by atoms with Crippen LogP contribution in [-0.4, -0.2) is 35.1 Å². The van der Waals surface area contributed by atoms with Gasteiger partial charge in [0, 0.05) is 31.5 Å². The van der Waals surface area contributed by atoms with E-state index in [1.165, 1.54) is 25.7 Å². The molecule has 1 aliphatic rings. The highest BCUT2D eigenvalue weighted by molar-refractivity contribution is 5.78. The number of unbranched alkanes of at least 4 members (excludes halogenated alkanes) is 3. The number of carbonyl (C=O) groups is 1. The van der Waals surface area contributed by atoms with E-state index in [4.69, 9.17) is 5.11 Å². The predicted octanol–water partition coefficient (Wildman–Crippen LogP) is 2.19. The third-order valence-electron chi connectivity index (χ3n) is 3.50. The van der Waals surface area contributed by atoms with E-state index in [0.29, 0.717) is 12.5 Å². The molecule has 3 heteroatoms. The molecule has 2 atom stereocenters. The number of rotatable bonds is 7. The molecule has 3 nitrogen and oxygen atoms in total. The number of likely N-dealkylation sites (tertiary alicyclic amines) is 1. The summed E-state index contributed by atoms with van der Waals surface area (Å²) in [4.78, 5) is 13.6. The highest BCUT2D eigenvalue weighted by Crippen LogP contribution is 2.22. The summed E-state index contributed by atoms with van der Waals surface area (Å²) in [5, 5.41) is 9.05. The van der Waals surface area contributed by atoms with Crippen LogP contribution in [0.1, 0.15) is 52.4 Å². The summed E-state index contributed by atoms with van der Waals surface area (Å²) in [6.07, 6.45) is 6.66. The minimum absolute atomic E-state index is 0.144. The molecule has 1 fully saturated rings. The Balaban J connectivity index is 2.25. The van der Waals surface area contributed by atoms with Crippen LogP contribution in [0.15, 0.2) is 0 Å². The van der Waals surface area contributed by atoms with Gasteiger partial charge in [0.25, 0.3) is 0 Å². The number of aliphatic hydroxyl groups excluding tert-OH is 1. The van der Waals surface area contributed by atoms with E-state index < -0.39 is 0 Å². The standard InChI is InChI=1S/C13H25NO2/c1-3-4-5-6-7-11(2)14-9-12(10-15)8-13(14)16/h11-12,15H,3-10H2,1-2H3. The largest absolute Gasteiger partial charge is 0.396 e. The fraction of sp³-hybridized carbons (Fsp3) is 0.923. The minimum Gasteiger partial charge on any atom is -0.396 e. The second-order valence-electron chi connectivity index (χ2n) is 5.00. The maximum Gasteiger partial charge on any atom is 0.223 e. The Morgan fingerprint density at radius 3 is 2.75 bits per heavy atom. The monoisotopic (exact) mass is 227 g/mol. The second kappa shape index (κ2) is 6.89. The Bertz CT molecular complexity index is 218. The maximum absolute atomic E-state index is 11.7. The Kier molecular flexibility index (Phi) is 5.81. The van der Waals surface area contributed by atoms with Crippen LogP contribution in [-0.2, 0) is 4.79 Å². The van der Waals surface area contributed by atoms with Crippen molar-refractivity contribution in [3.63, 3.8) is 0 Å². The van der Waals surface area contributed by atoms with E-state index in [-0.39, 0.29) is 18.4 Å². The first-order valence-corrected chi connectivity index (χ1v) is 6.59. The van der Waals surface area contributed by atoms with Crippen molar-refractivity contribution in [2.24, 2.45) is 5.92 Å². The van der Waals surface area contributed by atoms with E-state index >= 15 is 0 Å². The number of hydrogen-bond donors (Lipinski definition) is 1. The Morgan fingerprint density at radius 1 is 1.44 bits per heavy atom. The second-order valence-corrected chi connectivity index (χ2v) is 5.00. The average Bonchev–Trinajstić information content (AvgIpc) is 2.66.